The fourth-order valence-electron chi connectivity index (χ4n) is 6.39. The van der Waals surface area contributed by atoms with Gasteiger partial charge in [0, 0.05) is 5.66 Å². The molecule has 1 heterocycles. The first-order valence-electron chi connectivity index (χ1n) is 13.2. The number of rotatable bonds is 2. The molecule has 1 aliphatic rings. The zero-order valence-electron chi connectivity index (χ0n) is 22.1. The molecule has 0 bridgehead atoms. The average Bonchev–Trinajstić information content (AvgIpc) is 2.98. The number of hydrogen-bond acceptors (Lipinski definition) is 0. The van der Waals surface area contributed by atoms with Gasteiger partial charge in [0.2, 0.25) is 0 Å². The lowest BCUT2D eigenvalue weighted by molar-refractivity contribution is 0.753. The normalized spacial score (nSPS) is 17.6. The molecular formula is C35H35P. The van der Waals surface area contributed by atoms with E-state index in [0.717, 1.165) is 12.6 Å². The van der Waals surface area contributed by atoms with Crippen molar-refractivity contribution in [3.63, 3.8) is 0 Å². The van der Waals surface area contributed by atoms with Gasteiger partial charge in [-0.3, -0.25) is 0 Å². The standard InChI is InChI=1S/C35H35P/c1-23-18-24(2)20-25(19-23)21-32-31-17-16-27-11-7-9-13-30(27)34(31)33-28(22-36(32)35(3,4)5)15-14-26-10-6-8-12-29(26)33/h6-20,32H,21-22H2,1-5H3/t32-,36?/m0/s1. The first kappa shape index (κ1) is 23.4. The summed E-state index contributed by atoms with van der Waals surface area (Å²) in [6, 6.07) is 34.7. The van der Waals surface area contributed by atoms with Gasteiger partial charge < -0.3 is 0 Å². The fourth-order valence-corrected chi connectivity index (χ4v) is 9.63. The largest absolute Gasteiger partial charge is 0.0886 e. The highest BCUT2D eigenvalue weighted by atomic mass is 31.1. The van der Waals surface area contributed by atoms with Crippen LogP contribution in [-0.2, 0) is 12.6 Å². The molecule has 1 aliphatic heterocycles. The number of aryl methyl sites for hydroxylation is 2. The lowest BCUT2D eigenvalue weighted by Gasteiger charge is -2.38. The van der Waals surface area contributed by atoms with Gasteiger partial charge >= 0.3 is 0 Å². The molecule has 0 saturated carbocycles. The van der Waals surface area contributed by atoms with Crippen molar-refractivity contribution < 1.29 is 0 Å². The lowest BCUT2D eigenvalue weighted by atomic mass is 9.85. The van der Waals surface area contributed by atoms with Crippen LogP contribution in [0.25, 0.3) is 32.7 Å². The van der Waals surface area contributed by atoms with Gasteiger partial charge in [-0.25, -0.2) is 0 Å². The number of benzene rings is 5. The van der Waals surface area contributed by atoms with Crippen LogP contribution < -0.4 is 0 Å². The van der Waals surface area contributed by atoms with Crippen LogP contribution in [0, 0.1) is 13.8 Å². The van der Waals surface area contributed by atoms with E-state index in [1.807, 2.05) is 0 Å². The quantitative estimate of drug-likeness (QED) is 0.218. The van der Waals surface area contributed by atoms with Crippen molar-refractivity contribution in [2.45, 2.75) is 58.0 Å². The summed E-state index contributed by atoms with van der Waals surface area (Å²) in [6.45, 7) is 11.9. The van der Waals surface area contributed by atoms with E-state index in [4.69, 9.17) is 0 Å². The van der Waals surface area contributed by atoms with E-state index in [1.54, 1.807) is 5.56 Å². The summed E-state index contributed by atoms with van der Waals surface area (Å²) in [4.78, 5) is 0. The molecule has 2 atom stereocenters. The Morgan fingerprint density at radius 3 is 1.92 bits per heavy atom. The van der Waals surface area contributed by atoms with Gasteiger partial charge in [0.15, 0.2) is 0 Å². The molecule has 0 radical (unpaired) electrons. The van der Waals surface area contributed by atoms with Gasteiger partial charge in [-0.2, -0.15) is 0 Å². The summed E-state index contributed by atoms with van der Waals surface area (Å²) in [5.74, 6) is 0. The van der Waals surface area contributed by atoms with Crippen molar-refractivity contribution in [2.24, 2.45) is 0 Å². The van der Waals surface area contributed by atoms with Crippen LogP contribution in [0.5, 0.6) is 0 Å². The summed E-state index contributed by atoms with van der Waals surface area (Å²) in [5, 5.41) is 5.70. The van der Waals surface area contributed by atoms with Crippen molar-refractivity contribution in [3.05, 3.63) is 119 Å². The highest BCUT2D eigenvalue weighted by Crippen LogP contribution is 2.67. The summed E-state index contributed by atoms with van der Waals surface area (Å²) in [5.41, 5.74) is 10.7. The van der Waals surface area contributed by atoms with Gasteiger partial charge in [0.05, 0.1) is 0 Å². The minimum absolute atomic E-state index is 0.245. The summed E-state index contributed by atoms with van der Waals surface area (Å²) in [7, 11) is -0.330. The maximum Gasteiger partial charge on any atom is 0.00962 e. The Morgan fingerprint density at radius 1 is 0.694 bits per heavy atom. The first-order chi connectivity index (χ1) is 17.3. The second-order valence-electron chi connectivity index (χ2n) is 11.6. The van der Waals surface area contributed by atoms with E-state index in [1.165, 1.54) is 54.9 Å². The molecule has 0 nitrogen and oxygen atoms in total. The minimum atomic E-state index is -0.330. The Morgan fingerprint density at radius 2 is 1.28 bits per heavy atom. The third-order valence-corrected chi connectivity index (χ3v) is 11.5. The molecule has 36 heavy (non-hydrogen) atoms. The summed E-state index contributed by atoms with van der Waals surface area (Å²) in [6.07, 6.45) is 2.26. The zero-order valence-corrected chi connectivity index (χ0v) is 23.0. The van der Waals surface area contributed by atoms with Crippen molar-refractivity contribution in [3.8, 4) is 11.1 Å². The van der Waals surface area contributed by atoms with E-state index < -0.39 is 0 Å². The first-order valence-corrected chi connectivity index (χ1v) is 14.8. The lowest BCUT2D eigenvalue weighted by Crippen LogP contribution is -2.18. The molecule has 180 valence electrons. The summed E-state index contributed by atoms with van der Waals surface area (Å²) < 4.78 is 0. The minimum Gasteiger partial charge on any atom is -0.0886 e. The van der Waals surface area contributed by atoms with E-state index in [-0.39, 0.29) is 13.1 Å². The smallest absolute Gasteiger partial charge is 0.00962 e. The fraction of sp³-hybridized carbons (Fsp3) is 0.257. The van der Waals surface area contributed by atoms with Crippen LogP contribution in [-0.4, -0.2) is 5.16 Å². The molecule has 1 heteroatoms. The molecule has 5 aromatic carbocycles. The SMILES string of the molecule is Cc1cc(C)cc(C[C@H]2c3ccc4ccccc4c3-c3c(ccc4ccccc34)CP2C(C)(C)C)c1. The molecule has 0 amide bonds. The van der Waals surface area contributed by atoms with E-state index >= 15 is 0 Å². The van der Waals surface area contributed by atoms with Crippen molar-refractivity contribution in [2.75, 3.05) is 0 Å². The third kappa shape index (κ3) is 4.07. The second-order valence-corrected chi connectivity index (χ2v) is 14.8. The molecule has 0 aliphatic carbocycles. The Hall–Kier alpha value is -2.95. The van der Waals surface area contributed by atoms with Crippen LogP contribution in [0.1, 0.15) is 54.2 Å². The molecule has 0 spiro atoms. The highest BCUT2D eigenvalue weighted by molar-refractivity contribution is 7.58. The Labute approximate surface area is 217 Å². The van der Waals surface area contributed by atoms with Gasteiger partial charge in [-0.05, 0) is 80.9 Å². The topological polar surface area (TPSA) is 0 Å². The maximum absolute atomic E-state index is 2.48. The van der Waals surface area contributed by atoms with Gasteiger partial charge in [0.1, 0.15) is 0 Å². The van der Waals surface area contributed by atoms with Crippen LogP contribution in [0.2, 0.25) is 0 Å². The van der Waals surface area contributed by atoms with Crippen LogP contribution in [0.4, 0.5) is 0 Å². The molecule has 0 N–H and O–H groups in total. The highest BCUT2D eigenvalue weighted by Gasteiger charge is 2.38. The monoisotopic (exact) mass is 486 g/mol. The molecular weight excluding hydrogens is 451 g/mol. The van der Waals surface area contributed by atoms with Crippen LogP contribution >= 0.6 is 7.92 Å². The Kier molecular flexibility index (Phi) is 5.77. The van der Waals surface area contributed by atoms with E-state index in [9.17, 15) is 0 Å². The van der Waals surface area contributed by atoms with Crippen molar-refractivity contribution >= 4 is 29.5 Å². The molecule has 0 saturated heterocycles. The van der Waals surface area contributed by atoms with Crippen LogP contribution in [0.15, 0.2) is 91.0 Å². The van der Waals surface area contributed by atoms with Gasteiger partial charge in [-0.15, -0.1) is 0 Å². The van der Waals surface area contributed by atoms with Crippen LogP contribution in [0.3, 0.4) is 0 Å². The predicted molar refractivity (Wildman–Crippen MR) is 160 cm³/mol. The van der Waals surface area contributed by atoms with Gasteiger partial charge in [-0.1, -0.05) is 131 Å². The molecule has 0 aromatic heterocycles. The van der Waals surface area contributed by atoms with Gasteiger partial charge in [0.25, 0.3) is 0 Å². The van der Waals surface area contributed by atoms with E-state index in [0.29, 0.717) is 5.66 Å². The van der Waals surface area contributed by atoms with Crippen molar-refractivity contribution in [1.29, 1.82) is 0 Å². The molecule has 5 aromatic rings. The Bertz CT molecular complexity index is 1580. The van der Waals surface area contributed by atoms with E-state index in [2.05, 4.69) is 126 Å². The second kappa shape index (κ2) is 8.86. The number of hydrogen-bond donors (Lipinski definition) is 0. The predicted octanol–water partition coefficient (Wildman–Crippen LogP) is 10.4. The summed E-state index contributed by atoms with van der Waals surface area (Å²) >= 11 is 0. The molecule has 0 fully saturated rings. The molecule has 1 unspecified atom stereocenters. The maximum atomic E-state index is 2.48. The zero-order chi connectivity index (χ0) is 25.0. The Balaban J connectivity index is 1.70. The third-order valence-electron chi connectivity index (χ3n) is 7.87. The van der Waals surface area contributed by atoms with Crippen molar-refractivity contribution in [1.82, 2.24) is 0 Å². The number of fused-ring (bicyclic) bond motifs is 7. The molecule has 6 rings (SSSR count). The average molecular weight is 487 g/mol.